The number of benzene rings is 2. The van der Waals surface area contributed by atoms with Crippen molar-refractivity contribution in [2.45, 2.75) is 20.0 Å². The summed E-state index contributed by atoms with van der Waals surface area (Å²) < 4.78 is 11.2. The predicted molar refractivity (Wildman–Crippen MR) is 99.1 cm³/mol. The molecule has 1 atom stereocenters. The maximum Gasteiger partial charge on any atom is 0.320 e. The molecule has 0 N–H and O–H groups in total. The lowest BCUT2D eigenvalue weighted by Gasteiger charge is -2.36. The zero-order valence-electron chi connectivity index (χ0n) is 15.2. The molecular formula is C20H26N2O3. The molecule has 2 aromatic rings. The summed E-state index contributed by atoms with van der Waals surface area (Å²) in [5.74, 6) is 0.852. The number of amides is 2. The van der Waals surface area contributed by atoms with Crippen LogP contribution in [0.4, 0.5) is 4.79 Å². The van der Waals surface area contributed by atoms with Crippen LogP contribution in [0.15, 0.2) is 36.4 Å². The van der Waals surface area contributed by atoms with Gasteiger partial charge < -0.3 is 19.3 Å². The molecule has 5 nitrogen and oxygen atoms in total. The van der Waals surface area contributed by atoms with E-state index in [1.165, 1.54) is 0 Å². The number of methoxy groups -OCH3 is 1. The second-order valence-electron chi connectivity index (χ2n) is 6.23. The van der Waals surface area contributed by atoms with E-state index in [4.69, 9.17) is 9.47 Å². The second-order valence-corrected chi connectivity index (χ2v) is 6.23. The van der Waals surface area contributed by atoms with Gasteiger partial charge in [-0.15, -0.1) is 0 Å². The van der Waals surface area contributed by atoms with Crippen LogP contribution >= 0.6 is 0 Å². The number of hydrogen-bond donors (Lipinski definition) is 0. The van der Waals surface area contributed by atoms with Crippen LogP contribution in [-0.4, -0.2) is 55.7 Å². The van der Waals surface area contributed by atoms with E-state index in [2.05, 4.69) is 24.3 Å². The fraction of sp³-hybridized carbons (Fsp3) is 0.450. The third kappa shape index (κ3) is 3.71. The van der Waals surface area contributed by atoms with Crippen LogP contribution in [0.25, 0.3) is 10.8 Å². The van der Waals surface area contributed by atoms with Crippen molar-refractivity contribution in [2.75, 3.05) is 39.9 Å². The lowest BCUT2D eigenvalue weighted by Crippen LogP contribution is -2.48. The van der Waals surface area contributed by atoms with Crippen molar-refractivity contribution in [2.24, 2.45) is 0 Å². The molecule has 0 aromatic heterocycles. The predicted octanol–water partition coefficient (Wildman–Crippen LogP) is 3.68. The van der Waals surface area contributed by atoms with Crippen LogP contribution < -0.4 is 4.74 Å². The van der Waals surface area contributed by atoms with Crippen LogP contribution in [0, 0.1) is 0 Å². The molecule has 0 bridgehead atoms. The molecule has 5 heteroatoms. The molecule has 1 heterocycles. The molecule has 134 valence electrons. The highest BCUT2D eigenvalue weighted by Gasteiger charge is 2.27. The zero-order chi connectivity index (χ0) is 17.8. The van der Waals surface area contributed by atoms with Crippen molar-refractivity contribution in [3.05, 3.63) is 42.0 Å². The minimum atomic E-state index is -0.0836. The first-order chi connectivity index (χ1) is 12.2. The molecule has 1 aliphatic rings. The summed E-state index contributed by atoms with van der Waals surface area (Å²) in [6.45, 7) is 7.30. The molecule has 0 radical (unpaired) electrons. The normalized spacial score (nSPS) is 17.6. The van der Waals surface area contributed by atoms with Gasteiger partial charge >= 0.3 is 6.03 Å². The Morgan fingerprint density at radius 1 is 1.20 bits per heavy atom. The number of hydrogen-bond acceptors (Lipinski definition) is 3. The monoisotopic (exact) mass is 342 g/mol. The number of ether oxygens (including phenoxy) is 2. The zero-order valence-corrected chi connectivity index (χ0v) is 15.2. The molecule has 2 aromatic carbocycles. The summed E-state index contributed by atoms with van der Waals surface area (Å²) in [4.78, 5) is 16.4. The minimum absolute atomic E-state index is 0.0836. The van der Waals surface area contributed by atoms with Crippen molar-refractivity contribution in [1.29, 1.82) is 0 Å². The fourth-order valence-corrected chi connectivity index (χ4v) is 3.29. The maximum absolute atomic E-state index is 12.6. The number of urea groups is 1. The van der Waals surface area contributed by atoms with E-state index in [0.29, 0.717) is 19.7 Å². The van der Waals surface area contributed by atoms with Crippen LogP contribution in [0.2, 0.25) is 0 Å². The first kappa shape index (κ1) is 17.5. The van der Waals surface area contributed by atoms with Crippen molar-refractivity contribution < 1.29 is 14.3 Å². The summed E-state index contributed by atoms with van der Waals surface area (Å²) in [6, 6.07) is 12.5. The van der Waals surface area contributed by atoms with Gasteiger partial charge in [0.25, 0.3) is 0 Å². The highest BCUT2D eigenvalue weighted by molar-refractivity contribution is 5.84. The van der Waals surface area contributed by atoms with E-state index in [1.54, 1.807) is 7.11 Å². The van der Waals surface area contributed by atoms with Gasteiger partial charge in [0, 0.05) is 19.6 Å². The van der Waals surface area contributed by atoms with Gasteiger partial charge in [-0.3, -0.25) is 0 Å². The van der Waals surface area contributed by atoms with E-state index in [9.17, 15) is 4.79 Å². The number of morpholine rings is 1. The summed E-state index contributed by atoms with van der Waals surface area (Å²) in [5.41, 5.74) is 1.11. The van der Waals surface area contributed by atoms with Crippen LogP contribution in [-0.2, 0) is 4.74 Å². The SMILES string of the molecule is CCN(CC)C(=O)N1CCO[C@H](c2ccc3cc(OC)ccc3c2)C1. The first-order valence-corrected chi connectivity index (χ1v) is 8.89. The van der Waals surface area contributed by atoms with Gasteiger partial charge in [-0.1, -0.05) is 18.2 Å². The molecule has 2 amide bonds. The lowest BCUT2D eigenvalue weighted by atomic mass is 10.0. The van der Waals surface area contributed by atoms with Crippen molar-refractivity contribution in [1.82, 2.24) is 9.80 Å². The van der Waals surface area contributed by atoms with Crippen LogP contribution in [0.5, 0.6) is 5.75 Å². The highest BCUT2D eigenvalue weighted by atomic mass is 16.5. The van der Waals surface area contributed by atoms with E-state index in [-0.39, 0.29) is 12.1 Å². The second kappa shape index (κ2) is 7.74. The first-order valence-electron chi connectivity index (χ1n) is 8.89. The van der Waals surface area contributed by atoms with Crippen LogP contribution in [0.1, 0.15) is 25.5 Å². The Hall–Kier alpha value is -2.27. The Kier molecular flexibility index (Phi) is 5.43. The summed E-state index contributed by atoms with van der Waals surface area (Å²) in [7, 11) is 1.67. The Balaban J connectivity index is 1.79. The number of rotatable bonds is 4. The highest BCUT2D eigenvalue weighted by Crippen LogP contribution is 2.28. The van der Waals surface area contributed by atoms with Gasteiger partial charge in [0.05, 0.1) is 20.3 Å². The van der Waals surface area contributed by atoms with E-state index in [1.807, 2.05) is 35.8 Å². The molecular weight excluding hydrogens is 316 g/mol. The van der Waals surface area contributed by atoms with Crippen molar-refractivity contribution >= 4 is 16.8 Å². The van der Waals surface area contributed by atoms with Gasteiger partial charge in [0.2, 0.25) is 0 Å². The molecule has 0 unspecified atom stereocenters. The van der Waals surface area contributed by atoms with Gasteiger partial charge in [0.1, 0.15) is 11.9 Å². The molecule has 1 fully saturated rings. The molecule has 0 spiro atoms. The average Bonchev–Trinajstić information content (AvgIpc) is 2.68. The smallest absolute Gasteiger partial charge is 0.320 e. The van der Waals surface area contributed by atoms with Crippen LogP contribution in [0.3, 0.4) is 0 Å². The Morgan fingerprint density at radius 3 is 2.64 bits per heavy atom. The quantitative estimate of drug-likeness (QED) is 0.851. The minimum Gasteiger partial charge on any atom is -0.497 e. The molecule has 1 aliphatic heterocycles. The molecule has 3 rings (SSSR count). The maximum atomic E-state index is 12.6. The lowest BCUT2D eigenvalue weighted by molar-refractivity contribution is -0.0201. The number of carbonyl (C=O) groups excluding carboxylic acids is 1. The Labute approximate surface area is 149 Å². The summed E-state index contributed by atoms with van der Waals surface area (Å²) in [6.07, 6.45) is -0.0836. The summed E-state index contributed by atoms with van der Waals surface area (Å²) in [5, 5.41) is 2.28. The van der Waals surface area contributed by atoms with E-state index < -0.39 is 0 Å². The average molecular weight is 342 g/mol. The van der Waals surface area contributed by atoms with Gasteiger partial charge in [-0.25, -0.2) is 4.79 Å². The summed E-state index contributed by atoms with van der Waals surface area (Å²) >= 11 is 0. The van der Waals surface area contributed by atoms with Gasteiger partial charge in [0.15, 0.2) is 0 Å². The topological polar surface area (TPSA) is 42.0 Å². The third-order valence-corrected chi connectivity index (χ3v) is 4.81. The molecule has 0 saturated carbocycles. The van der Waals surface area contributed by atoms with Gasteiger partial charge in [-0.2, -0.15) is 0 Å². The largest absolute Gasteiger partial charge is 0.497 e. The Bertz CT molecular complexity index is 743. The fourth-order valence-electron chi connectivity index (χ4n) is 3.29. The molecule has 0 aliphatic carbocycles. The molecule has 1 saturated heterocycles. The Morgan fingerprint density at radius 2 is 1.92 bits per heavy atom. The van der Waals surface area contributed by atoms with E-state index in [0.717, 1.165) is 35.2 Å². The van der Waals surface area contributed by atoms with Crippen molar-refractivity contribution in [3.63, 3.8) is 0 Å². The standard InChI is InChI=1S/C20H26N2O3/c1-4-21(5-2)20(23)22-10-11-25-19(14-22)17-7-6-16-13-18(24-3)9-8-15(16)12-17/h6-9,12-13,19H,4-5,10-11,14H2,1-3H3/t19-/m0/s1. The number of fused-ring (bicyclic) bond motifs is 1. The van der Waals surface area contributed by atoms with Gasteiger partial charge in [-0.05, 0) is 48.4 Å². The number of nitrogens with zero attached hydrogens (tertiary/aromatic N) is 2. The van der Waals surface area contributed by atoms with E-state index >= 15 is 0 Å². The molecule has 25 heavy (non-hydrogen) atoms. The van der Waals surface area contributed by atoms with Crippen molar-refractivity contribution in [3.8, 4) is 5.75 Å². The third-order valence-electron chi connectivity index (χ3n) is 4.81. The number of carbonyl (C=O) groups is 1.